The fourth-order valence-corrected chi connectivity index (χ4v) is 4.78. The number of hydrogen-bond donors (Lipinski definition) is 1. The van der Waals surface area contributed by atoms with E-state index in [1.54, 1.807) is 36.1 Å². The number of sulfonamides is 1. The predicted molar refractivity (Wildman–Crippen MR) is 117 cm³/mol. The van der Waals surface area contributed by atoms with Crippen molar-refractivity contribution in [2.45, 2.75) is 44.6 Å². The van der Waals surface area contributed by atoms with Crippen molar-refractivity contribution in [3.05, 3.63) is 59.7 Å². The van der Waals surface area contributed by atoms with E-state index in [4.69, 9.17) is 4.74 Å². The molecule has 6 nitrogen and oxygen atoms in total. The Morgan fingerprint density at radius 2 is 1.90 bits per heavy atom. The molecule has 0 saturated carbocycles. The number of carbonyl (C=O) groups is 1. The molecule has 2 aromatic carbocycles. The molecule has 2 aromatic rings. The van der Waals surface area contributed by atoms with Crippen LogP contribution < -0.4 is 9.46 Å². The summed E-state index contributed by atoms with van der Waals surface area (Å²) in [6, 6.07) is 14.4. The molecule has 1 aliphatic rings. The van der Waals surface area contributed by atoms with Gasteiger partial charge in [-0.2, -0.15) is 0 Å². The first-order chi connectivity index (χ1) is 14.2. The van der Waals surface area contributed by atoms with Crippen LogP contribution in [-0.2, 0) is 14.8 Å². The second-order valence-corrected chi connectivity index (χ2v) is 9.80. The second kappa shape index (κ2) is 9.62. The number of hydrogen-bond acceptors (Lipinski definition) is 4. The van der Waals surface area contributed by atoms with E-state index in [0.717, 1.165) is 24.0 Å². The van der Waals surface area contributed by atoms with Gasteiger partial charge in [0.1, 0.15) is 5.75 Å². The van der Waals surface area contributed by atoms with Gasteiger partial charge in [-0.1, -0.05) is 29.8 Å². The number of nitrogens with zero attached hydrogens (tertiary/aromatic N) is 1. The molecule has 1 heterocycles. The quantitative estimate of drug-likeness (QED) is 0.731. The van der Waals surface area contributed by atoms with Crippen LogP contribution in [0, 0.1) is 19.8 Å². The number of ether oxygens (including phenoxy) is 1. The van der Waals surface area contributed by atoms with E-state index >= 15 is 0 Å². The highest BCUT2D eigenvalue weighted by molar-refractivity contribution is 7.89. The van der Waals surface area contributed by atoms with Crippen molar-refractivity contribution < 1.29 is 17.9 Å². The Kier molecular flexibility index (Phi) is 7.15. The number of likely N-dealkylation sites (tertiary alicyclic amines) is 1. The average molecular weight is 431 g/mol. The Labute approximate surface area is 179 Å². The maximum Gasteiger partial charge on any atom is 0.263 e. The van der Waals surface area contributed by atoms with Crippen LogP contribution in [0.1, 0.15) is 30.9 Å². The molecule has 0 aliphatic carbocycles. The van der Waals surface area contributed by atoms with Crippen LogP contribution in [-0.4, -0.2) is 45.0 Å². The van der Waals surface area contributed by atoms with E-state index < -0.39 is 16.1 Å². The van der Waals surface area contributed by atoms with E-state index in [2.05, 4.69) is 4.72 Å². The summed E-state index contributed by atoms with van der Waals surface area (Å²) in [4.78, 5) is 14.9. The molecule has 1 saturated heterocycles. The van der Waals surface area contributed by atoms with Gasteiger partial charge in [0.05, 0.1) is 4.90 Å². The molecule has 162 valence electrons. The van der Waals surface area contributed by atoms with Gasteiger partial charge < -0.3 is 9.64 Å². The van der Waals surface area contributed by atoms with Gasteiger partial charge in [-0.3, -0.25) is 4.79 Å². The van der Waals surface area contributed by atoms with Crippen LogP contribution in [0.2, 0.25) is 0 Å². The zero-order chi connectivity index (χ0) is 21.7. The Bertz CT molecular complexity index is 973. The predicted octanol–water partition coefficient (Wildman–Crippen LogP) is 3.29. The summed E-state index contributed by atoms with van der Waals surface area (Å²) in [6.45, 7) is 7.16. The van der Waals surface area contributed by atoms with Crippen LogP contribution >= 0.6 is 0 Å². The first-order valence-corrected chi connectivity index (χ1v) is 11.8. The molecule has 1 N–H and O–H groups in total. The molecular formula is C23H30N2O4S. The van der Waals surface area contributed by atoms with E-state index in [-0.39, 0.29) is 16.7 Å². The highest BCUT2D eigenvalue weighted by atomic mass is 32.2. The van der Waals surface area contributed by atoms with Gasteiger partial charge in [-0.25, -0.2) is 13.1 Å². The largest absolute Gasteiger partial charge is 0.481 e. The van der Waals surface area contributed by atoms with Gasteiger partial charge in [-0.05, 0) is 69.4 Å². The van der Waals surface area contributed by atoms with Crippen LogP contribution in [0.5, 0.6) is 5.75 Å². The number of amides is 1. The van der Waals surface area contributed by atoms with E-state index in [9.17, 15) is 13.2 Å². The second-order valence-electron chi connectivity index (χ2n) is 8.03. The number of nitrogens with one attached hydrogen (secondary N) is 1. The monoisotopic (exact) mass is 430 g/mol. The molecule has 3 rings (SSSR count). The minimum absolute atomic E-state index is 0.0670. The number of aryl methyl sites for hydroxylation is 2. The first kappa shape index (κ1) is 22.3. The van der Waals surface area contributed by atoms with Crippen LogP contribution in [0.25, 0.3) is 0 Å². The van der Waals surface area contributed by atoms with Gasteiger partial charge in [0, 0.05) is 19.6 Å². The third kappa shape index (κ3) is 5.83. The minimum Gasteiger partial charge on any atom is -0.481 e. The Morgan fingerprint density at radius 3 is 2.60 bits per heavy atom. The number of piperidine rings is 1. The molecule has 1 amide bonds. The van der Waals surface area contributed by atoms with Crippen LogP contribution in [0.3, 0.4) is 0 Å². The molecule has 0 bridgehead atoms. The molecule has 30 heavy (non-hydrogen) atoms. The summed E-state index contributed by atoms with van der Waals surface area (Å²) in [5.74, 6) is 0.687. The van der Waals surface area contributed by atoms with Gasteiger partial charge in [-0.15, -0.1) is 0 Å². The van der Waals surface area contributed by atoms with Crippen molar-refractivity contribution >= 4 is 15.9 Å². The zero-order valence-corrected chi connectivity index (χ0v) is 18.6. The summed E-state index contributed by atoms with van der Waals surface area (Å²) in [5.41, 5.74) is 2.09. The summed E-state index contributed by atoms with van der Waals surface area (Å²) < 4.78 is 33.6. The van der Waals surface area contributed by atoms with Gasteiger partial charge in [0.25, 0.3) is 5.91 Å². The van der Waals surface area contributed by atoms with Gasteiger partial charge in [0.15, 0.2) is 6.10 Å². The van der Waals surface area contributed by atoms with E-state index in [1.165, 1.54) is 0 Å². The summed E-state index contributed by atoms with van der Waals surface area (Å²) in [5, 5.41) is 0. The first-order valence-electron chi connectivity index (χ1n) is 10.3. The maximum atomic E-state index is 12.8. The summed E-state index contributed by atoms with van der Waals surface area (Å²) in [6.07, 6.45) is 1.14. The van der Waals surface area contributed by atoms with Crippen molar-refractivity contribution in [1.29, 1.82) is 0 Å². The molecule has 0 radical (unpaired) electrons. The van der Waals surface area contributed by atoms with Crippen molar-refractivity contribution in [3.8, 4) is 5.75 Å². The average Bonchev–Trinajstić information content (AvgIpc) is 2.72. The normalized spacial score (nSPS) is 18.1. The standard InChI is InChI=1S/C23H30N2O4S/c1-17-9-11-22(12-10-17)30(27,28)24-15-20-7-5-13-25(16-20)23(26)19(3)29-21-8-4-6-18(2)14-21/h4,6,8-12,14,19-20,24H,5,7,13,15-16H2,1-3H3. The summed E-state index contributed by atoms with van der Waals surface area (Å²) in [7, 11) is -3.55. The molecule has 2 atom stereocenters. The molecule has 1 fully saturated rings. The highest BCUT2D eigenvalue weighted by Crippen LogP contribution is 2.20. The lowest BCUT2D eigenvalue weighted by atomic mass is 9.98. The smallest absolute Gasteiger partial charge is 0.263 e. The number of rotatable bonds is 7. The molecular weight excluding hydrogens is 400 g/mol. The van der Waals surface area contributed by atoms with Gasteiger partial charge in [0.2, 0.25) is 10.0 Å². The van der Waals surface area contributed by atoms with E-state index in [0.29, 0.717) is 25.4 Å². The van der Waals surface area contributed by atoms with Crippen molar-refractivity contribution in [2.75, 3.05) is 19.6 Å². The zero-order valence-electron chi connectivity index (χ0n) is 17.8. The lowest BCUT2D eigenvalue weighted by molar-refractivity contribution is -0.139. The van der Waals surface area contributed by atoms with E-state index in [1.807, 2.05) is 38.1 Å². The maximum absolute atomic E-state index is 12.8. The lowest BCUT2D eigenvalue weighted by Crippen LogP contribution is -2.47. The molecule has 0 aromatic heterocycles. The number of benzene rings is 2. The fourth-order valence-electron chi connectivity index (χ4n) is 3.66. The van der Waals surface area contributed by atoms with Crippen LogP contribution in [0.4, 0.5) is 0 Å². The third-order valence-electron chi connectivity index (χ3n) is 5.37. The fraction of sp³-hybridized carbons (Fsp3) is 0.435. The van der Waals surface area contributed by atoms with Crippen molar-refractivity contribution in [3.63, 3.8) is 0 Å². The minimum atomic E-state index is -3.55. The molecule has 7 heteroatoms. The van der Waals surface area contributed by atoms with Crippen molar-refractivity contribution in [1.82, 2.24) is 9.62 Å². The Balaban J connectivity index is 1.55. The van der Waals surface area contributed by atoms with Crippen molar-refractivity contribution in [2.24, 2.45) is 5.92 Å². The molecule has 0 spiro atoms. The Hall–Kier alpha value is -2.38. The van der Waals surface area contributed by atoms with Crippen LogP contribution in [0.15, 0.2) is 53.4 Å². The summed E-state index contributed by atoms with van der Waals surface area (Å²) >= 11 is 0. The molecule has 2 unspecified atom stereocenters. The molecule has 1 aliphatic heterocycles. The lowest BCUT2D eigenvalue weighted by Gasteiger charge is -2.34. The third-order valence-corrected chi connectivity index (χ3v) is 6.81. The highest BCUT2D eigenvalue weighted by Gasteiger charge is 2.28. The SMILES string of the molecule is Cc1ccc(S(=O)(=O)NCC2CCCN(C(=O)C(C)Oc3cccc(C)c3)C2)cc1. The topological polar surface area (TPSA) is 75.7 Å². The Morgan fingerprint density at radius 1 is 1.17 bits per heavy atom. The number of carbonyl (C=O) groups excluding carboxylic acids is 1. The van der Waals surface area contributed by atoms with Gasteiger partial charge >= 0.3 is 0 Å².